The zero-order valence-corrected chi connectivity index (χ0v) is 20.8. The molecule has 2 saturated heterocycles. The Bertz CT molecular complexity index is 1430. The highest BCUT2D eigenvalue weighted by Gasteiger charge is 2.36. The Labute approximate surface area is 216 Å². The normalized spacial score (nSPS) is 17.5. The third-order valence-electron chi connectivity index (χ3n) is 6.16. The molecule has 0 unspecified atom stereocenters. The van der Waals surface area contributed by atoms with Gasteiger partial charge in [-0.3, -0.25) is 24.6 Å². The first-order valence-electron chi connectivity index (χ1n) is 11.1. The number of amides is 3. The molecule has 3 aromatic rings. The largest absolute Gasteiger partial charge is 0.341 e. The highest BCUT2D eigenvalue weighted by molar-refractivity contribution is 7.80. The minimum atomic E-state index is -0.618. The molecule has 0 bridgehead atoms. The maximum atomic E-state index is 13.4. The van der Waals surface area contributed by atoms with Crippen molar-refractivity contribution in [1.29, 1.82) is 0 Å². The first-order valence-corrected chi connectivity index (χ1v) is 12.2. The van der Waals surface area contributed by atoms with Gasteiger partial charge < -0.3 is 9.47 Å². The second kappa shape index (κ2) is 9.45. The van der Waals surface area contributed by atoms with Crippen molar-refractivity contribution in [2.45, 2.75) is 19.4 Å². The molecule has 0 atom stereocenters. The number of fused-ring (bicyclic) bond motifs is 1. The van der Waals surface area contributed by atoms with Crippen LogP contribution in [0.2, 0.25) is 10.0 Å². The number of para-hydroxylation sites is 1. The molecule has 5 rings (SSSR count). The van der Waals surface area contributed by atoms with Crippen LogP contribution in [0.1, 0.15) is 18.4 Å². The molecule has 3 amide bonds. The highest BCUT2D eigenvalue weighted by atomic mass is 35.5. The van der Waals surface area contributed by atoms with Crippen LogP contribution < -0.4 is 10.2 Å². The van der Waals surface area contributed by atoms with E-state index in [9.17, 15) is 14.4 Å². The summed E-state index contributed by atoms with van der Waals surface area (Å²) in [5.41, 5.74) is 1.64. The lowest BCUT2D eigenvalue weighted by molar-refractivity contribution is -0.130. The summed E-state index contributed by atoms with van der Waals surface area (Å²) in [7, 11) is 0. The summed E-state index contributed by atoms with van der Waals surface area (Å²) < 4.78 is 1.85. The number of carbonyl (C=O) groups is 3. The van der Waals surface area contributed by atoms with Gasteiger partial charge in [0.05, 0.1) is 15.7 Å². The Morgan fingerprint density at radius 3 is 2.57 bits per heavy atom. The molecular weight excluding hydrogens is 507 g/mol. The number of carbonyl (C=O) groups excluding carboxylic acids is 3. The molecule has 2 fully saturated rings. The number of rotatable bonds is 4. The lowest BCUT2D eigenvalue weighted by Crippen LogP contribution is -2.54. The van der Waals surface area contributed by atoms with Crippen LogP contribution in [0.25, 0.3) is 17.0 Å². The van der Waals surface area contributed by atoms with Gasteiger partial charge >= 0.3 is 0 Å². The molecule has 2 aliphatic rings. The third-order valence-corrected chi connectivity index (χ3v) is 7.25. The second-order valence-electron chi connectivity index (χ2n) is 8.35. The number of likely N-dealkylation sites (tertiary alicyclic amines) is 1. The topological polar surface area (TPSA) is 74.6 Å². The minimum absolute atomic E-state index is 0.0427. The lowest BCUT2D eigenvalue weighted by Gasteiger charge is -2.29. The minimum Gasteiger partial charge on any atom is -0.341 e. The van der Waals surface area contributed by atoms with E-state index in [4.69, 9.17) is 35.4 Å². The van der Waals surface area contributed by atoms with E-state index in [0.717, 1.165) is 41.7 Å². The summed E-state index contributed by atoms with van der Waals surface area (Å²) in [6.07, 6.45) is 5.34. The lowest BCUT2D eigenvalue weighted by atomic mass is 10.1. The quantitative estimate of drug-likeness (QED) is 0.310. The van der Waals surface area contributed by atoms with E-state index in [-0.39, 0.29) is 38.9 Å². The van der Waals surface area contributed by atoms with Crippen molar-refractivity contribution in [3.8, 4) is 0 Å². The molecule has 2 aromatic carbocycles. The SMILES string of the molecule is O=C1NC(=S)N(c2cccc(Cl)c2Cl)C(=O)/C1=C/c1cn(CC(=O)N2CCCC2)c2ccccc12. The number of thiocarbonyl (C=S) groups is 1. The average Bonchev–Trinajstić information content (AvgIpc) is 3.48. The predicted octanol–water partition coefficient (Wildman–Crippen LogP) is 4.40. The van der Waals surface area contributed by atoms with E-state index in [1.54, 1.807) is 24.4 Å². The number of nitrogens with zero attached hydrogens (tertiary/aromatic N) is 3. The molecule has 2 aliphatic heterocycles. The highest BCUT2D eigenvalue weighted by Crippen LogP contribution is 2.35. The Morgan fingerprint density at radius 1 is 1.06 bits per heavy atom. The summed E-state index contributed by atoms with van der Waals surface area (Å²) in [4.78, 5) is 42.1. The van der Waals surface area contributed by atoms with Gasteiger partial charge in [-0.05, 0) is 49.3 Å². The molecule has 1 aromatic heterocycles. The fraction of sp³-hybridized carbons (Fsp3) is 0.200. The molecular formula is C25H20Cl2N4O3S. The number of hydrogen-bond donors (Lipinski definition) is 1. The van der Waals surface area contributed by atoms with Crippen LogP contribution in [0.3, 0.4) is 0 Å². The van der Waals surface area contributed by atoms with Gasteiger partial charge in [0.1, 0.15) is 12.1 Å². The number of aromatic nitrogens is 1. The molecule has 3 heterocycles. The summed E-state index contributed by atoms with van der Waals surface area (Å²) in [6, 6.07) is 12.4. The van der Waals surface area contributed by atoms with Gasteiger partial charge in [0.2, 0.25) is 5.91 Å². The van der Waals surface area contributed by atoms with Crippen LogP contribution in [0, 0.1) is 0 Å². The standard InChI is InChI=1S/C25H20Cl2N4O3S/c26-18-7-5-9-20(22(18)27)31-24(34)17(23(33)28-25(31)35)12-15-13-30(19-8-2-1-6-16(15)19)14-21(32)29-10-3-4-11-29/h1-2,5-9,12-13H,3-4,10-11,14H2,(H,28,33,35)/b17-12+. The van der Waals surface area contributed by atoms with Crippen molar-refractivity contribution in [2.75, 3.05) is 18.0 Å². The van der Waals surface area contributed by atoms with E-state index in [2.05, 4.69) is 5.32 Å². The summed E-state index contributed by atoms with van der Waals surface area (Å²) in [5.74, 6) is -1.19. The molecule has 0 radical (unpaired) electrons. The van der Waals surface area contributed by atoms with Crippen molar-refractivity contribution in [3.05, 3.63) is 69.8 Å². The van der Waals surface area contributed by atoms with Crippen molar-refractivity contribution in [1.82, 2.24) is 14.8 Å². The second-order valence-corrected chi connectivity index (χ2v) is 9.52. The fourth-order valence-corrected chi connectivity index (χ4v) is 5.08. The molecule has 10 heteroatoms. The monoisotopic (exact) mass is 526 g/mol. The number of benzene rings is 2. The van der Waals surface area contributed by atoms with Gasteiger partial charge in [0, 0.05) is 35.8 Å². The van der Waals surface area contributed by atoms with Gasteiger partial charge in [-0.15, -0.1) is 0 Å². The maximum Gasteiger partial charge on any atom is 0.270 e. The summed E-state index contributed by atoms with van der Waals surface area (Å²) >= 11 is 17.7. The molecule has 1 N–H and O–H groups in total. The summed E-state index contributed by atoms with van der Waals surface area (Å²) in [6.45, 7) is 1.72. The van der Waals surface area contributed by atoms with Crippen molar-refractivity contribution < 1.29 is 14.4 Å². The third kappa shape index (κ3) is 4.33. The maximum absolute atomic E-state index is 13.4. The van der Waals surface area contributed by atoms with Crippen LogP contribution in [0.15, 0.2) is 54.2 Å². The van der Waals surface area contributed by atoms with E-state index in [1.807, 2.05) is 33.7 Å². The van der Waals surface area contributed by atoms with Gasteiger partial charge in [0.15, 0.2) is 5.11 Å². The van der Waals surface area contributed by atoms with E-state index in [1.165, 1.54) is 6.08 Å². The predicted molar refractivity (Wildman–Crippen MR) is 140 cm³/mol. The molecule has 0 saturated carbocycles. The van der Waals surface area contributed by atoms with E-state index >= 15 is 0 Å². The Balaban J connectivity index is 1.54. The smallest absolute Gasteiger partial charge is 0.270 e. The number of nitrogens with one attached hydrogen (secondary N) is 1. The number of hydrogen-bond acceptors (Lipinski definition) is 4. The van der Waals surface area contributed by atoms with Gasteiger partial charge in [0.25, 0.3) is 11.8 Å². The van der Waals surface area contributed by atoms with Crippen LogP contribution in [0.5, 0.6) is 0 Å². The Hall–Kier alpha value is -3.20. The average molecular weight is 527 g/mol. The van der Waals surface area contributed by atoms with Gasteiger partial charge in [-0.1, -0.05) is 47.5 Å². The van der Waals surface area contributed by atoms with Gasteiger partial charge in [-0.25, -0.2) is 0 Å². The van der Waals surface area contributed by atoms with E-state index in [0.29, 0.717) is 5.56 Å². The summed E-state index contributed by atoms with van der Waals surface area (Å²) in [5, 5.41) is 3.70. The first kappa shape index (κ1) is 23.5. The fourth-order valence-electron chi connectivity index (χ4n) is 4.43. The van der Waals surface area contributed by atoms with Crippen molar-refractivity contribution in [2.24, 2.45) is 0 Å². The van der Waals surface area contributed by atoms with Crippen LogP contribution in [-0.2, 0) is 20.9 Å². The molecule has 35 heavy (non-hydrogen) atoms. The van der Waals surface area contributed by atoms with E-state index < -0.39 is 11.8 Å². The Morgan fingerprint density at radius 2 is 1.80 bits per heavy atom. The molecule has 0 aliphatic carbocycles. The van der Waals surface area contributed by atoms with Crippen molar-refractivity contribution >= 4 is 80.9 Å². The van der Waals surface area contributed by atoms with Crippen LogP contribution in [0.4, 0.5) is 5.69 Å². The molecule has 178 valence electrons. The molecule has 0 spiro atoms. The number of halogens is 2. The zero-order valence-electron chi connectivity index (χ0n) is 18.5. The van der Waals surface area contributed by atoms with Crippen LogP contribution >= 0.6 is 35.4 Å². The zero-order chi connectivity index (χ0) is 24.7. The molecule has 7 nitrogen and oxygen atoms in total. The van der Waals surface area contributed by atoms with Crippen molar-refractivity contribution in [3.63, 3.8) is 0 Å². The first-order chi connectivity index (χ1) is 16.8. The van der Waals surface area contributed by atoms with Crippen LogP contribution in [-0.4, -0.2) is 45.4 Å². The van der Waals surface area contributed by atoms with Gasteiger partial charge in [-0.2, -0.15) is 0 Å². The number of anilines is 1. The Kier molecular flexibility index (Phi) is 6.35.